The first kappa shape index (κ1) is 28.3. The van der Waals surface area contributed by atoms with Gasteiger partial charge >= 0.3 is 7.60 Å². The highest BCUT2D eigenvalue weighted by atomic mass is 35.5. The number of amides is 1. The topological polar surface area (TPSA) is 125 Å². The highest BCUT2D eigenvalue weighted by Crippen LogP contribution is 2.60. The van der Waals surface area contributed by atoms with E-state index in [1.54, 1.807) is 50.2 Å². The van der Waals surface area contributed by atoms with Crippen molar-refractivity contribution in [2.45, 2.75) is 44.7 Å². The average molecular weight is 562 g/mol. The van der Waals surface area contributed by atoms with Gasteiger partial charge in [-0.25, -0.2) is 0 Å². The number of ether oxygens (including phenoxy) is 1. The third kappa shape index (κ3) is 6.14. The summed E-state index contributed by atoms with van der Waals surface area (Å²) in [5.74, 6) is 0.396. The van der Waals surface area contributed by atoms with E-state index >= 15 is 0 Å². The molecule has 0 bridgehead atoms. The number of hydrogen-bond donors (Lipinski definition) is 3. The molecule has 204 valence electrons. The molecule has 0 saturated carbocycles. The highest BCUT2D eigenvalue weighted by Gasteiger charge is 2.45. The summed E-state index contributed by atoms with van der Waals surface area (Å²) in [4.78, 5) is 39.5. The van der Waals surface area contributed by atoms with Gasteiger partial charge < -0.3 is 29.2 Å². The van der Waals surface area contributed by atoms with Gasteiger partial charge in [0.25, 0.3) is 6.01 Å². The summed E-state index contributed by atoms with van der Waals surface area (Å²) in [6, 6.07) is 14.5. The molecule has 2 heterocycles. The number of hydrogen-bond acceptors (Lipinski definition) is 6. The molecule has 1 saturated heterocycles. The minimum atomic E-state index is -4.38. The van der Waals surface area contributed by atoms with Gasteiger partial charge in [-0.15, -0.1) is 0 Å². The van der Waals surface area contributed by atoms with E-state index in [9.17, 15) is 19.1 Å². The van der Waals surface area contributed by atoms with Gasteiger partial charge in [0.1, 0.15) is 11.5 Å². The molecule has 38 heavy (non-hydrogen) atoms. The molecule has 0 unspecified atom stereocenters. The van der Waals surface area contributed by atoms with E-state index in [4.69, 9.17) is 25.7 Å². The molecule has 0 atom stereocenters. The quantitative estimate of drug-likeness (QED) is 0.273. The van der Waals surface area contributed by atoms with Crippen molar-refractivity contribution >= 4 is 36.8 Å². The summed E-state index contributed by atoms with van der Waals surface area (Å²) in [7, 11) is -4.38. The number of oxazole rings is 1. The second-order valence-electron chi connectivity index (χ2n) is 9.28. The van der Waals surface area contributed by atoms with Crippen LogP contribution in [-0.2, 0) is 25.7 Å². The van der Waals surface area contributed by atoms with Gasteiger partial charge in [-0.1, -0.05) is 49.7 Å². The number of rotatable bonds is 10. The maximum absolute atomic E-state index is 12.8. The van der Waals surface area contributed by atoms with Crippen molar-refractivity contribution in [2.24, 2.45) is 0 Å². The van der Waals surface area contributed by atoms with Gasteiger partial charge in [-0.2, -0.15) is 4.98 Å². The van der Waals surface area contributed by atoms with E-state index in [0.29, 0.717) is 79.3 Å². The van der Waals surface area contributed by atoms with Crippen molar-refractivity contribution in [3.05, 3.63) is 64.9 Å². The van der Waals surface area contributed by atoms with Crippen molar-refractivity contribution in [3.63, 3.8) is 0 Å². The molecule has 0 aliphatic carbocycles. The Morgan fingerprint density at radius 1 is 1.08 bits per heavy atom. The van der Waals surface area contributed by atoms with Crippen molar-refractivity contribution in [2.75, 3.05) is 36.5 Å². The molecule has 3 aromatic rings. The maximum Gasteiger partial charge on any atom is 0.335 e. The third-order valence-corrected chi connectivity index (χ3v) is 9.36. The molecule has 1 aliphatic heterocycles. The number of anilines is 2. The minimum Gasteiger partial charge on any atom is -0.428 e. The van der Waals surface area contributed by atoms with Crippen molar-refractivity contribution in [1.29, 1.82) is 0 Å². The summed E-state index contributed by atoms with van der Waals surface area (Å²) in [6.45, 7) is 6.09. The first-order valence-corrected chi connectivity index (χ1v) is 14.7. The van der Waals surface area contributed by atoms with Crippen LogP contribution >= 0.6 is 19.2 Å². The summed E-state index contributed by atoms with van der Waals surface area (Å²) >= 11 is 6.06. The van der Waals surface area contributed by atoms with Crippen LogP contribution in [0.5, 0.6) is 0 Å². The summed E-state index contributed by atoms with van der Waals surface area (Å²) in [5, 5.41) is 2.24. The largest absolute Gasteiger partial charge is 0.428 e. The zero-order valence-corrected chi connectivity index (χ0v) is 23.2. The van der Waals surface area contributed by atoms with Crippen LogP contribution < -0.4 is 10.2 Å². The zero-order chi connectivity index (χ0) is 27.3. The van der Waals surface area contributed by atoms with Gasteiger partial charge in [0.05, 0.1) is 18.4 Å². The third-order valence-electron chi connectivity index (χ3n) is 7.10. The second kappa shape index (κ2) is 12.0. The smallest absolute Gasteiger partial charge is 0.335 e. The number of halogens is 1. The van der Waals surface area contributed by atoms with Crippen LogP contribution in [0.15, 0.2) is 52.9 Å². The van der Waals surface area contributed by atoms with Crippen molar-refractivity contribution in [3.8, 4) is 11.3 Å². The van der Waals surface area contributed by atoms with E-state index in [1.807, 2.05) is 17.0 Å². The summed E-state index contributed by atoms with van der Waals surface area (Å²) < 4.78 is 23.8. The van der Waals surface area contributed by atoms with E-state index in [0.717, 1.165) is 5.56 Å². The molecule has 1 fully saturated rings. The molecule has 11 heteroatoms. The molecular formula is C27H33ClN3O6P. The molecule has 1 amide bonds. The second-order valence-corrected chi connectivity index (χ2v) is 11.7. The number of morpholine rings is 1. The standard InChI is InChI=1S/C27H33ClN3O6P/c1-3-27(4-2,38(33,34)35)20-7-11-22(12-8-20)29-24(32)14-13-23-25(19-5-9-21(28)10-6-19)30-26(37-23)31-15-17-36-18-16-31/h5-12H,3-4,13-18H2,1-2H3,(H,29,32)(H2,33,34,35). The fraction of sp³-hybridized carbons (Fsp3) is 0.407. The van der Waals surface area contributed by atoms with Gasteiger partial charge in [0.2, 0.25) is 5.91 Å². The van der Waals surface area contributed by atoms with Gasteiger partial charge in [0.15, 0.2) is 0 Å². The normalized spacial score (nSPS) is 14.5. The van der Waals surface area contributed by atoms with Crippen LogP contribution in [0.3, 0.4) is 0 Å². The van der Waals surface area contributed by atoms with Gasteiger partial charge in [-0.05, 0) is 42.7 Å². The Morgan fingerprint density at radius 2 is 1.71 bits per heavy atom. The number of aromatic nitrogens is 1. The number of nitrogens with one attached hydrogen (secondary N) is 1. The predicted molar refractivity (Wildman–Crippen MR) is 148 cm³/mol. The SMILES string of the molecule is CCC(CC)(c1ccc(NC(=O)CCc2oc(N3CCOCC3)nc2-c2ccc(Cl)cc2)cc1)P(=O)(O)O. The minimum absolute atomic E-state index is 0.163. The van der Waals surface area contributed by atoms with Crippen LogP contribution in [0.4, 0.5) is 11.7 Å². The summed E-state index contributed by atoms with van der Waals surface area (Å²) in [5.41, 5.74) is 2.63. The molecule has 0 spiro atoms. The van der Waals surface area contributed by atoms with Crippen LogP contribution in [0, 0.1) is 0 Å². The predicted octanol–water partition coefficient (Wildman–Crippen LogP) is 5.60. The Morgan fingerprint density at radius 3 is 2.29 bits per heavy atom. The van der Waals surface area contributed by atoms with Crippen molar-refractivity contribution in [1.82, 2.24) is 4.98 Å². The Bertz CT molecular complexity index is 1280. The molecule has 0 radical (unpaired) electrons. The number of nitrogens with zero attached hydrogens (tertiary/aromatic N) is 2. The fourth-order valence-corrected chi connectivity index (χ4v) is 6.22. The lowest BCUT2D eigenvalue weighted by molar-refractivity contribution is -0.116. The Kier molecular flexibility index (Phi) is 8.96. The van der Waals surface area contributed by atoms with Crippen LogP contribution in [-0.4, -0.2) is 47.0 Å². The van der Waals surface area contributed by atoms with E-state index in [1.165, 1.54) is 0 Å². The number of benzene rings is 2. The number of carbonyl (C=O) groups is 1. The fourth-order valence-electron chi connectivity index (χ4n) is 4.78. The lowest BCUT2D eigenvalue weighted by atomic mass is 9.92. The lowest BCUT2D eigenvalue weighted by Crippen LogP contribution is -2.36. The first-order chi connectivity index (χ1) is 18.2. The Labute approximate surface area is 227 Å². The molecule has 1 aliphatic rings. The molecule has 4 rings (SSSR count). The Balaban J connectivity index is 1.47. The molecule has 9 nitrogen and oxygen atoms in total. The van der Waals surface area contributed by atoms with E-state index in [-0.39, 0.29) is 12.3 Å². The van der Waals surface area contributed by atoms with Gasteiger partial charge in [0, 0.05) is 42.2 Å². The highest BCUT2D eigenvalue weighted by molar-refractivity contribution is 7.53. The van der Waals surface area contributed by atoms with Gasteiger partial charge in [-0.3, -0.25) is 9.36 Å². The monoisotopic (exact) mass is 561 g/mol. The van der Waals surface area contributed by atoms with Crippen LogP contribution in [0.1, 0.15) is 44.4 Å². The number of aryl methyl sites for hydroxylation is 1. The zero-order valence-electron chi connectivity index (χ0n) is 21.5. The number of carbonyl (C=O) groups excluding carboxylic acids is 1. The van der Waals surface area contributed by atoms with E-state index < -0.39 is 12.8 Å². The van der Waals surface area contributed by atoms with Crippen LogP contribution in [0.25, 0.3) is 11.3 Å². The molecule has 2 aromatic carbocycles. The Hall–Kier alpha value is -2.68. The lowest BCUT2D eigenvalue weighted by Gasteiger charge is -2.33. The van der Waals surface area contributed by atoms with Crippen molar-refractivity contribution < 1.29 is 28.3 Å². The average Bonchev–Trinajstić information content (AvgIpc) is 3.34. The molecular weight excluding hydrogens is 529 g/mol. The molecule has 3 N–H and O–H groups in total. The summed E-state index contributed by atoms with van der Waals surface area (Å²) in [6.07, 6.45) is 1.11. The maximum atomic E-state index is 12.8. The first-order valence-electron chi connectivity index (χ1n) is 12.7. The van der Waals surface area contributed by atoms with Crippen LogP contribution in [0.2, 0.25) is 5.02 Å². The molecule has 1 aromatic heterocycles. The van der Waals surface area contributed by atoms with E-state index in [2.05, 4.69) is 5.32 Å².